The summed E-state index contributed by atoms with van der Waals surface area (Å²) in [7, 11) is -3.63. The molecule has 0 spiro atoms. The smallest absolute Gasteiger partial charge is 0.231 e. The molecular weight excluding hydrogens is 268 g/mol. The maximum absolute atomic E-state index is 12.1. The number of nitrogens with zero attached hydrogens (tertiary/aromatic N) is 3. The van der Waals surface area contributed by atoms with Gasteiger partial charge in [0.1, 0.15) is 0 Å². The van der Waals surface area contributed by atoms with E-state index in [1.807, 2.05) is 0 Å². The van der Waals surface area contributed by atoms with Gasteiger partial charge >= 0.3 is 0 Å². The van der Waals surface area contributed by atoms with Gasteiger partial charge in [0.05, 0.1) is 6.20 Å². The van der Waals surface area contributed by atoms with E-state index in [9.17, 15) is 13.2 Å². The van der Waals surface area contributed by atoms with Crippen molar-refractivity contribution in [3.8, 4) is 0 Å². The van der Waals surface area contributed by atoms with Crippen molar-refractivity contribution in [2.45, 2.75) is 12.8 Å². The van der Waals surface area contributed by atoms with Crippen LogP contribution in [-0.2, 0) is 14.8 Å². The van der Waals surface area contributed by atoms with E-state index in [1.165, 1.54) is 24.7 Å². The summed E-state index contributed by atoms with van der Waals surface area (Å²) in [5, 5.41) is 5.77. The first-order valence-electron chi connectivity index (χ1n) is 5.74. The molecule has 0 radical (unpaired) electrons. The van der Waals surface area contributed by atoms with Gasteiger partial charge in [0.2, 0.25) is 15.9 Å². The highest BCUT2D eigenvalue weighted by molar-refractivity contribution is 7.92. The summed E-state index contributed by atoms with van der Waals surface area (Å²) < 4.78 is 21.5. The molecule has 1 aliphatic rings. The molecular formula is C11H14N4O3S. The van der Waals surface area contributed by atoms with Gasteiger partial charge in [-0.1, -0.05) is 6.08 Å². The highest BCUT2D eigenvalue weighted by Crippen LogP contribution is 2.25. The third-order valence-electron chi connectivity index (χ3n) is 2.85. The number of aromatic nitrogens is 2. The molecule has 19 heavy (non-hydrogen) atoms. The minimum Gasteiger partial charge on any atom is -0.295 e. The van der Waals surface area contributed by atoms with Crippen LogP contribution in [0.1, 0.15) is 12.8 Å². The second kappa shape index (κ2) is 5.45. The molecule has 1 aromatic rings. The van der Waals surface area contributed by atoms with Gasteiger partial charge in [0, 0.05) is 30.3 Å². The fourth-order valence-electron chi connectivity index (χ4n) is 1.97. The summed E-state index contributed by atoms with van der Waals surface area (Å²) in [6.07, 6.45) is 7.02. The van der Waals surface area contributed by atoms with Gasteiger partial charge in [-0.3, -0.25) is 14.7 Å². The number of anilines is 1. The molecule has 1 amide bonds. The molecule has 0 saturated carbocycles. The van der Waals surface area contributed by atoms with Gasteiger partial charge in [-0.15, -0.1) is 0 Å². The summed E-state index contributed by atoms with van der Waals surface area (Å²) in [6.45, 7) is 0.561. The van der Waals surface area contributed by atoms with Crippen molar-refractivity contribution in [1.82, 2.24) is 9.97 Å². The molecule has 1 atom stereocenters. The Balaban J connectivity index is 2.01. The quantitative estimate of drug-likeness (QED) is 0.838. The Morgan fingerprint density at radius 3 is 2.89 bits per heavy atom. The van der Waals surface area contributed by atoms with Crippen molar-refractivity contribution in [1.29, 1.82) is 0 Å². The minimum absolute atomic E-state index is 0.0698. The number of nitrogens with two attached hydrogens (primary N) is 1. The van der Waals surface area contributed by atoms with Crippen LogP contribution in [0, 0.1) is 5.92 Å². The average molecular weight is 282 g/mol. The monoisotopic (exact) mass is 282 g/mol. The highest BCUT2D eigenvalue weighted by atomic mass is 32.2. The zero-order chi connectivity index (χ0) is 13.9. The summed E-state index contributed by atoms with van der Waals surface area (Å²) in [5.74, 6) is 0.213. The second-order valence-electron chi connectivity index (χ2n) is 4.24. The Bertz CT molecular complexity index is 585. The molecule has 1 aromatic heterocycles. The van der Waals surface area contributed by atoms with Gasteiger partial charge < -0.3 is 0 Å². The standard InChI is InChI=1S/C11H14N4O3S/c12-19(17,18)7-1-2-9-3-6-15(11(9)16)10-8-13-4-5-14-10/h1,4-5,7-9H,2-3,6H2,(H2,12,17,18). The van der Waals surface area contributed by atoms with Gasteiger partial charge in [-0.05, 0) is 12.8 Å². The lowest BCUT2D eigenvalue weighted by molar-refractivity contribution is -0.120. The number of allylic oxidation sites excluding steroid dienone is 1. The van der Waals surface area contributed by atoms with Crippen molar-refractivity contribution >= 4 is 21.7 Å². The van der Waals surface area contributed by atoms with Crippen LogP contribution in [0.25, 0.3) is 0 Å². The van der Waals surface area contributed by atoms with Crippen molar-refractivity contribution in [3.05, 3.63) is 30.1 Å². The molecule has 0 bridgehead atoms. The molecule has 1 saturated heterocycles. The van der Waals surface area contributed by atoms with E-state index < -0.39 is 10.0 Å². The number of carbonyl (C=O) groups is 1. The number of hydrogen-bond acceptors (Lipinski definition) is 5. The molecule has 8 heteroatoms. The van der Waals surface area contributed by atoms with Crippen molar-refractivity contribution in [2.75, 3.05) is 11.4 Å². The molecule has 1 fully saturated rings. The Labute approximate surface area is 111 Å². The van der Waals surface area contributed by atoms with Crippen LogP contribution in [0.4, 0.5) is 5.82 Å². The minimum atomic E-state index is -3.63. The first kappa shape index (κ1) is 13.6. The zero-order valence-electron chi connectivity index (χ0n) is 10.1. The normalized spacial score (nSPS) is 20.4. The van der Waals surface area contributed by atoms with Crippen LogP contribution in [0.3, 0.4) is 0 Å². The number of sulfonamides is 1. The molecule has 0 aliphatic carbocycles. The van der Waals surface area contributed by atoms with Crippen LogP contribution in [0.5, 0.6) is 0 Å². The fraction of sp³-hybridized carbons (Fsp3) is 0.364. The molecule has 1 aliphatic heterocycles. The van der Waals surface area contributed by atoms with Gasteiger partial charge in [-0.25, -0.2) is 18.5 Å². The Morgan fingerprint density at radius 2 is 2.26 bits per heavy atom. The molecule has 0 aromatic carbocycles. The SMILES string of the molecule is NS(=O)(=O)C=CCC1CCN(c2cnccn2)C1=O. The largest absolute Gasteiger partial charge is 0.295 e. The maximum atomic E-state index is 12.1. The van der Waals surface area contributed by atoms with E-state index in [4.69, 9.17) is 5.14 Å². The van der Waals surface area contributed by atoms with Gasteiger partial charge in [0.25, 0.3) is 0 Å². The Kier molecular flexibility index (Phi) is 3.91. The van der Waals surface area contributed by atoms with E-state index >= 15 is 0 Å². The number of rotatable bonds is 4. The van der Waals surface area contributed by atoms with E-state index in [0.717, 1.165) is 5.41 Å². The predicted octanol–water partition coefficient (Wildman–Crippen LogP) is 0.0218. The van der Waals surface area contributed by atoms with Crippen molar-refractivity contribution in [2.24, 2.45) is 11.1 Å². The first-order chi connectivity index (χ1) is 8.97. The summed E-state index contributed by atoms with van der Waals surface area (Å²) in [6, 6.07) is 0. The Morgan fingerprint density at radius 1 is 1.47 bits per heavy atom. The molecule has 2 N–H and O–H groups in total. The number of hydrogen-bond donors (Lipinski definition) is 1. The van der Waals surface area contributed by atoms with E-state index in [0.29, 0.717) is 25.2 Å². The van der Waals surface area contributed by atoms with Crippen LogP contribution >= 0.6 is 0 Å². The second-order valence-corrected chi connectivity index (χ2v) is 5.69. The average Bonchev–Trinajstić information content (AvgIpc) is 2.71. The van der Waals surface area contributed by atoms with Crippen LogP contribution in [0.2, 0.25) is 0 Å². The first-order valence-corrected chi connectivity index (χ1v) is 7.35. The van der Waals surface area contributed by atoms with E-state index in [1.54, 1.807) is 4.90 Å². The topological polar surface area (TPSA) is 106 Å². The summed E-state index contributed by atoms with van der Waals surface area (Å²) in [4.78, 5) is 21.7. The molecule has 2 rings (SSSR count). The molecule has 7 nitrogen and oxygen atoms in total. The van der Waals surface area contributed by atoms with Crippen LogP contribution in [0.15, 0.2) is 30.1 Å². The lowest BCUT2D eigenvalue weighted by Crippen LogP contribution is -2.27. The van der Waals surface area contributed by atoms with E-state index in [2.05, 4.69) is 9.97 Å². The Hall–Kier alpha value is -1.80. The van der Waals surface area contributed by atoms with Gasteiger partial charge in [0.15, 0.2) is 5.82 Å². The highest BCUT2D eigenvalue weighted by Gasteiger charge is 2.32. The lowest BCUT2D eigenvalue weighted by atomic mass is 10.0. The summed E-state index contributed by atoms with van der Waals surface area (Å²) >= 11 is 0. The number of amides is 1. The van der Waals surface area contributed by atoms with Crippen LogP contribution in [-0.4, -0.2) is 30.8 Å². The fourth-order valence-corrected chi connectivity index (χ4v) is 2.35. The van der Waals surface area contributed by atoms with Crippen molar-refractivity contribution < 1.29 is 13.2 Å². The van der Waals surface area contributed by atoms with Gasteiger partial charge in [-0.2, -0.15) is 0 Å². The summed E-state index contributed by atoms with van der Waals surface area (Å²) in [5.41, 5.74) is 0. The zero-order valence-corrected chi connectivity index (χ0v) is 11.0. The maximum Gasteiger partial charge on any atom is 0.231 e. The predicted molar refractivity (Wildman–Crippen MR) is 69.4 cm³/mol. The molecule has 102 valence electrons. The van der Waals surface area contributed by atoms with Crippen LogP contribution < -0.4 is 10.0 Å². The third kappa shape index (κ3) is 3.58. The third-order valence-corrected chi connectivity index (χ3v) is 3.42. The molecule has 1 unspecified atom stereocenters. The lowest BCUT2D eigenvalue weighted by Gasteiger charge is -2.14. The van der Waals surface area contributed by atoms with Crippen molar-refractivity contribution in [3.63, 3.8) is 0 Å². The molecule has 2 heterocycles. The van der Waals surface area contributed by atoms with E-state index in [-0.39, 0.29) is 11.8 Å². The number of primary sulfonamides is 1. The number of carbonyl (C=O) groups excluding carboxylic acids is 1.